The first-order valence-corrected chi connectivity index (χ1v) is 5.97. The van der Waals surface area contributed by atoms with Crippen molar-refractivity contribution in [2.75, 3.05) is 18.9 Å². The molecule has 2 rings (SSSR count). The molecule has 7 nitrogen and oxygen atoms in total. The van der Waals surface area contributed by atoms with E-state index in [0.717, 1.165) is 0 Å². The summed E-state index contributed by atoms with van der Waals surface area (Å²) in [5, 5.41) is 2.79. The van der Waals surface area contributed by atoms with Crippen LogP contribution in [0.15, 0.2) is 24.3 Å². The molecule has 0 aromatic heterocycles. The number of amides is 5. The van der Waals surface area contributed by atoms with Gasteiger partial charge < -0.3 is 5.32 Å². The normalized spacial score (nSPS) is 15.0. The molecular formula is C12H10ClN3O4. The molecule has 5 amide bonds. The average molecular weight is 296 g/mol. The van der Waals surface area contributed by atoms with Gasteiger partial charge in [-0.3, -0.25) is 19.3 Å². The van der Waals surface area contributed by atoms with Crippen molar-refractivity contribution in [1.29, 1.82) is 0 Å². The number of nitrogens with zero attached hydrogens (tertiary/aromatic N) is 2. The summed E-state index contributed by atoms with van der Waals surface area (Å²) in [5.41, 5.74) is 0.359. The van der Waals surface area contributed by atoms with Crippen molar-refractivity contribution < 1.29 is 19.2 Å². The first kappa shape index (κ1) is 14.0. The number of imide groups is 2. The van der Waals surface area contributed by atoms with Crippen molar-refractivity contribution in [3.05, 3.63) is 29.3 Å². The van der Waals surface area contributed by atoms with Crippen LogP contribution in [0.2, 0.25) is 5.02 Å². The zero-order valence-corrected chi connectivity index (χ0v) is 11.2. The number of anilines is 1. The van der Waals surface area contributed by atoms with Crippen molar-refractivity contribution in [3.8, 4) is 0 Å². The standard InChI is InChI=1S/C12H10ClN3O4/c1-15-10(18)11(19)16(12(15)20)6-9(17)14-8-5-3-2-4-7(8)13/h2-5H,6H2,1H3,(H,14,17). The monoisotopic (exact) mass is 295 g/mol. The Labute approximate surface area is 119 Å². The summed E-state index contributed by atoms with van der Waals surface area (Å²) < 4.78 is 0. The van der Waals surface area contributed by atoms with Gasteiger partial charge in [-0.15, -0.1) is 0 Å². The van der Waals surface area contributed by atoms with Crippen molar-refractivity contribution in [3.63, 3.8) is 0 Å². The second kappa shape index (κ2) is 5.30. The average Bonchev–Trinajstić information content (AvgIpc) is 2.59. The van der Waals surface area contributed by atoms with Crippen LogP contribution in [-0.2, 0) is 14.4 Å². The summed E-state index contributed by atoms with van der Waals surface area (Å²) in [4.78, 5) is 47.4. The maximum absolute atomic E-state index is 11.8. The molecule has 104 valence electrons. The molecular weight excluding hydrogens is 286 g/mol. The van der Waals surface area contributed by atoms with Crippen LogP contribution in [0.5, 0.6) is 0 Å². The lowest BCUT2D eigenvalue weighted by atomic mass is 10.3. The predicted molar refractivity (Wildman–Crippen MR) is 70.0 cm³/mol. The first-order valence-electron chi connectivity index (χ1n) is 5.59. The number of hydrogen-bond donors (Lipinski definition) is 1. The molecule has 20 heavy (non-hydrogen) atoms. The van der Waals surface area contributed by atoms with E-state index < -0.39 is 30.3 Å². The van der Waals surface area contributed by atoms with Crippen LogP contribution in [-0.4, -0.2) is 47.1 Å². The van der Waals surface area contributed by atoms with E-state index in [1.54, 1.807) is 24.3 Å². The fourth-order valence-electron chi connectivity index (χ4n) is 1.65. The van der Waals surface area contributed by atoms with E-state index in [0.29, 0.717) is 20.5 Å². The summed E-state index contributed by atoms with van der Waals surface area (Å²) in [7, 11) is 1.18. The summed E-state index contributed by atoms with van der Waals surface area (Å²) in [6.45, 7) is -0.543. The van der Waals surface area contributed by atoms with E-state index in [-0.39, 0.29) is 0 Å². The van der Waals surface area contributed by atoms with Gasteiger partial charge in [0.15, 0.2) is 0 Å². The zero-order chi connectivity index (χ0) is 14.9. The van der Waals surface area contributed by atoms with Crippen LogP contribution in [0.4, 0.5) is 10.5 Å². The molecule has 0 radical (unpaired) electrons. The molecule has 1 aromatic carbocycles. The van der Waals surface area contributed by atoms with Gasteiger partial charge in [0.1, 0.15) is 6.54 Å². The molecule has 1 aliphatic heterocycles. The second-order valence-corrected chi connectivity index (χ2v) is 4.47. The smallest absolute Gasteiger partial charge is 0.323 e. The van der Waals surface area contributed by atoms with Crippen LogP contribution >= 0.6 is 11.6 Å². The Morgan fingerprint density at radius 2 is 1.85 bits per heavy atom. The Kier molecular flexibility index (Phi) is 3.71. The minimum Gasteiger partial charge on any atom is -0.323 e. The van der Waals surface area contributed by atoms with Gasteiger partial charge in [-0.1, -0.05) is 23.7 Å². The third-order valence-corrected chi connectivity index (χ3v) is 3.03. The number of carbonyl (C=O) groups is 4. The molecule has 8 heteroatoms. The minimum atomic E-state index is -1.02. The third-order valence-electron chi connectivity index (χ3n) is 2.70. The predicted octanol–water partition coefficient (Wildman–Crippen LogP) is 0.699. The van der Waals surface area contributed by atoms with Crippen molar-refractivity contribution in [1.82, 2.24) is 9.80 Å². The van der Waals surface area contributed by atoms with Gasteiger partial charge in [-0.05, 0) is 12.1 Å². The lowest BCUT2D eigenvalue weighted by Crippen LogP contribution is -2.38. The molecule has 1 aliphatic rings. The molecule has 1 N–H and O–H groups in total. The number of halogens is 1. The number of rotatable bonds is 3. The molecule has 0 bridgehead atoms. The maximum Gasteiger partial charge on any atom is 0.334 e. The summed E-state index contributed by atoms with van der Waals surface area (Å²) in [5.74, 6) is -2.60. The minimum absolute atomic E-state index is 0.327. The number of likely N-dealkylation sites (N-methyl/N-ethyl adjacent to an activating group) is 1. The summed E-state index contributed by atoms with van der Waals surface area (Å²) in [6.07, 6.45) is 0. The van der Waals surface area contributed by atoms with E-state index in [4.69, 9.17) is 11.6 Å². The largest absolute Gasteiger partial charge is 0.334 e. The summed E-state index contributed by atoms with van der Waals surface area (Å²) >= 11 is 5.86. The van der Waals surface area contributed by atoms with E-state index in [1.807, 2.05) is 0 Å². The van der Waals surface area contributed by atoms with Crippen LogP contribution in [0.25, 0.3) is 0 Å². The third kappa shape index (κ3) is 2.48. The van der Waals surface area contributed by atoms with Gasteiger partial charge in [0.2, 0.25) is 5.91 Å². The van der Waals surface area contributed by atoms with Crippen LogP contribution in [0, 0.1) is 0 Å². The Hall–Kier alpha value is -2.41. The highest BCUT2D eigenvalue weighted by Crippen LogP contribution is 2.20. The number of carbonyl (C=O) groups excluding carboxylic acids is 4. The van der Waals surface area contributed by atoms with Gasteiger partial charge in [-0.25, -0.2) is 9.69 Å². The lowest BCUT2D eigenvalue weighted by Gasteiger charge is -2.13. The molecule has 0 aliphatic carbocycles. The molecule has 0 spiro atoms. The Balaban J connectivity index is 2.06. The van der Waals surface area contributed by atoms with E-state index in [2.05, 4.69) is 5.32 Å². The first-order chi connectivity index (χ1) is 9.41. The maximum atomic E-state index is 11.8. The number of nitrogens with one attached hydrogen (secondary N) is 1. The van der Waals surface area contributed by atoms with Gasteiger partial charge in [-0.2, -0.15) is 0 Å². The van der Waals surface area contributed by atoms with Crippen LogP contribution in [0.3, 0.4) is 0 Å². The SMILES string of the molecule is CN1C(=O)C(=O)N(CC(=O)Nc2ccccc2Cl)C1=O. The van der Waals surface area contributed by atoms with E-state index >= 15 is 0 Å². The van der Waals surface area contributed by atoms with Crippen molar-refractivity contribution >= 4 is 41.0 Å². The Bertz CT molecular complexity index is 616. The number of urea groups is 1. The number of hydrogen-bond acceptors (Lipinski definition) is 4. The highest BCUT2D eigenvalue weighted by molar-refractivity contribution is 6.45. The molecule has 1 heterocycles. The molecule has 1 fully saturated rings. The van der Waals surface area contributed by atoms with Gasteiger partial charge in [0.05, 0.1) is 10.7 Å². The van der Waals surface area contributed by atoms with Gasteiger partial charge >= 0.3 is 17.8 Å². The molecule has 1 aromatic rings. The summed E-state index contributed by atoms with van der Waals surface area (Å²) in [6, 6.07) is 5.70. The number of benzene rings is 1. The van der Waals surface area contributed by atoms with E-state index in [9.17, 15) is 19.2 Å². The Morgan fingerprint density at radius 1 is 1.20 bits per heavy atom. The topological polar surface area (TPSA) is 86.8 Å². The molecule has 0 atom stereocenters. The second-order valence-electron chi connectivity index (χ2n) is 4.07. The fourth-order valence-corrected chi connectivity index (χ4v) is 1.83. The van der Waals surface area contributed by atoms with Crippen molar-refractivity contribution in [2.24, 2.45) is 0 Å². The van der Waals surface area contributed by atoms with Crippen molar-refractivity contribution in [2.45, 2.75) is 0 Å². The molecule has 0 unspecified atom stereocenters. The fraction of sp³-hybridized carbons (Fsp3) is 0.167. The van der Waals surface area contributed by atoms with Crippen LogP contribution < -0.4 is 5.32 Å². The zero-order valence-electron chi connectivity index (χ0n) is 10.4. The Morgan fingerprint density at radius 3 is 2.40 bits per heavy atom. The van der Waals surface area contributed by atoms with Crippen LogP contribution in [0.1, 0.15) is 0 Å². The van der Waals surface area contributed by atoms with Gasteiger partial charge in [0, 0.05) is 7.05 Å². The highest BCUT2D eigenvalue weighted by atomic mass is 35.5. The van der Waals surface area contributed by atoms with Gasteiger partial charge in [0.25, 0.3) is 0 Å². The quantitative estimate of drug-likeness (QED) is 0.657. The highest BCUT2D eigenvalue weighted by Gasteiger charge is 2.42. The molecule has 1 saturated heterocycles. The molecule has 0 saturated carbocycles. The number of para-hydroxylation sites is 1. The lowest BCUT2D eigenvalue weighted by molar-refractivity contribution is -0.143. The van der Waals surface area contributed by atoms with E-state index in [1.165, 1.54) is 7.05 Å².